The summed E-state index contributed by atoms with van der Waals surface area (Å²) in [6.07, 6.45) is 4.95. The number of aromatic amines is 1. The Balaban J connectivity index is 1.54. The van der Waals surface area contributed by atoms with E-state index < -0.39 is 11.6 Å². The van der Waals surface area contributed by atoms with Crippen LogP contribution < -0.4 is 9.64 Å². The number of halogens is 2. The Labute approximate surface area is 136 Å². The van der Waals surface area contributed by atoms with E-state index in [0.29, 0.717) is 12.3 Å². The molecule has 124 valence electrons. The molecule has 1 aliphatic rings. The first-order chi connectivity index (χ1) is 11.7. The number of benzene rings is 1. The van der Waals surface area contributed by atoms with Crippen LogP contribution in [0, 0.1) is 11.6 Å². The summed E-state index contributed by atoms with van der Waals surface area (Å²) in [5.41, 5.74) is 1.38. The zero-order valence-corrected chi connectivity index (χ0v) is 12.7. The monoisotopic (exact) mass is 331 g/mol. The molecule has 1 saturated heterocycles. The third-order valence-corrected chi connectivity index (χ3v) is 4.18. The summed E-state index contributed by atoms with van der Waals surface area (Å²) in [7, 11) is 0. The molecule has 0 aliphatic carbocycles. The summed E-state index contributed by atoms with van der Waals surface area (Å²) in [5.74, 6) is -0.497. The summed E-state index contributed by atoms with van der Waals surface area (Å²) in [6.45, 7) is 1.12. The van der Waals surface area contributed by atoms with Crippen molar-refractivity contribution in [3.8, 4) is 5.75 Å². The highest BCUT2D eigenvalue weighted by Gasteiger charge is 2.28. The minimum atomic E-state index is -0.697. The molecule has 2 aromatic heterocycles. The fourth-order valence-corrected chi connectivity index (χ4v) is 3.04. The Kier molecular flexibility index (Phi) is 3.72. The lowest BCUT2D eigenvalue weighted by Gasteiger charge is -2.25. The van der Waals surface area contributed by atoms with E-state index >= 15 is 0 Å². The fraction of sp³-hybridized carbons (Fsp3) is 0.312. The van der Waals surface area contributed by atoms with Gasteiger partial charge in [0.15, 0.2) is 23.0 Å². The van der Waals surface area contributed by atoms with Crippen molar-refractivity contribution in [2.75, 3.05) is 18.1 Å². The Morgan fingerprint density at radius 3 is 3.04 bits per heavy atom. The van der Waals surface area contributed by atoms with Gasteiger partial charge in [-0.15, -0.1) is 0 Å². The Bertz CT molecular complexity index is 869. The molecule has 1 aliphatic heterocycles. The van der Waals surface area contributed by atoms with Crippen LogP contribution in [-0.4, -0.2) is 39.1 Å². The van der Waals surface area contributed by atoms with Crippen molar-refractivity contribution < 1.29 is 13.5 Å². The van der Waals surface area contributed by atoms with Gasteiger partial charge in [-0.25, -0.2) is 23.7 Å². The molecular weight excluding hydrogens is 316 g/mol. The number of anilines is 1. The van der Waals surface area contributed by atoms with E-state index in [0.717, 1.165) is 36.8 Å². The van der Waals surface area contributed by atoms with E-state index in [1.165, 1.54) is 18.5 Å². The number of hydrogen-bond acceptors (Lipinski definition) is 5. The molecule has 0 spiro atoms. The number of aromatic nitrogens is 4. The predicted octanol–water partition coefficient (Wildman–Crippen LogP) is 2.68. The lowest BCUT2D eigenvalue weighted by molar-refractivity contribution is 0.274. The number of nitrogens with one attached hydrogen (secondary N) is 1. The average molecular weight is 331 g/mol. The van der Waals surface area contributed by atoms with Crippen LogP contribution in [0.1, 0.15) is 12.8 Å². The molecule has 3 aromatic rings. The minimum Gasteiger partial charge on any atom is -0.488 e. The SMILES string of the molecule is Fc1ccc(OCC2CCCN2c2ncnc3nc[nH]c23)c(F)c1. The van der Waals surface area contributed by atoms with Gasteiger partial charge in [-0.3, -0.25) is 0 Å². The molecule has 1 unspecified atom stereocenters. The van der Waals surface area contributed by atoms with Crippen molar-refractivity contribution in [3.05, 3.63) is 42.5 Å². The molecule has 0 saturated carbocycles. The van der Waals surface area contributed by atoms with Crippen molar-refractivity contribution in [1.29, 1.82) is 0 Å². The zero-order chi connectivity index (χ0) is 16.5. The van der Waals surface area contributed by atoms with Gasteiger partial charge in [-0.1, -0.05) is 0 Å². The number of nitrogens with zero attached hydrogens (tertiary/aromatic N) is 4. The van der Waals surface area contributed by atoms with Crippen molar-refractivity contribution >= 4 is 17.0 Å². The van der Waals surface area contributed by atoms with Crippen LogP contribution in [0.3, 0.4) is 0 Å². The van der Waals surface area contributed by atoms with Crippen LogP contribution in [0.25, 0.3) is 11.2 Å². The summed E-state index contributed by atoms with van der Waals surface area (Å²) < 4.78 is 32.2. The van der Waals surface area contributed by atoms with Crippen LogP contribution in [0.4, 0.5) is 14.6 Å². The molecule has 1 N–H and O–H groups in total. The molecular formula is C16H15F2N5O. The first kappa shape index (κ1) is 14.8. The van der Waals surface area contributed by atoms with E-state index in [1.54, 1.807) is 6.33 Å². The van der Waals surface area contributed by atoms with Crippen LogP contribution in [-0.2, 0) is 0 Å². The topological polar surface area (TPSA) is 66.9 Å². The number of H-pyrrole nitrogens is 1. The van der Waals surface area contributed by atoms with Crippen molar-refractivity contribution in [2.45, 2.75) is 18.9 Å². The second kappa shape index (κ2) is 6.03. The first-order valence-corrected chi connectivity index (χ1v) is 7.71. The predicted molar refractivity (Wildman–Crippen MR) is 83.9 cm³/mol. The van der Waals surface area contributed by atoms with Gasteiger partial charge in [-0.2, -0.15) is 0 Å². The van der Waals surface area contributed by atoms with Gasteiger partial charge in [0, 0.05) is 12.6 Å². The Morgan fingerprint density at radius 2 is 2.17 bits per heavy atom. The minimum absolute atomic E-state index is 0.0517. The first-order valence-electron chi connectivity index (χ1n) is 7.71. The second-order valence-electron chi connectivity index (χ2n) is 5.67. The highest BCUT2D eigenvalue weighted by Crippen LogP contribution is 2.28. The summed E-state index contributed by atoms with van der Waals surface area (Å²) in [5, 5.41) is 0. The van der Waals surface area contributed by atoms with Gasteiger partial charge in [0.25, 0.3) is 0 Å². The quantitative estimate of drug-likeness (QED) is 0.796. The van der Waals surface area contributed by atoms with E-state index in [1.807, 2.05) is 0 Å². The number of hydrogen-bond donors (Lipinski definition) is 1. The van der Waals surface area contributed by atoms with E-state index in [-0.39, 0.29) is 11.8 Å². The van der Waals surface area contributed by atoms with Crippen molar-refractivity contribution in [3.63, 3.8) is 0 Å². The molecule has 1 atom stereocenters. The number of fused-ring (bicyclic) bond motifs is 1. The smallest absolute Gasteiger partial charge is 0.182 e. The normalized spacial score (nSPS) is 17.6. The molecule has 0 radical (unpaired) electrons. The molecule has 1 fully saturated rings. The maximum Gasteiger partial charge on any atom is 0.182 e. The maximum absolute atomic E-state index is 13.7. The molecule has 24 heavy (non-hydrogen) atoms. The lowest BCUT2D eigenvalue weighted by Crippen LogP contribution is -2.35. The molecule has 0 amide bonds. The van der Waals surface area contributed by atoms with Crippen molar-refractivity contribution in [1.82, 2.24) is 19.9 Å². The number of rotatable bonds is 4. The van der Waals surface area contributed by atoms with E-state index in [9.17, 15) is 8.78 Å². The highest BCUT2D eigenvalue weighted by atomic mass is 19.1. The zero-order valence-electron chi connectivity index (χ0n) is 12.7. The van der Waals surface area contributed by atoms with Crippen molar-refractivity contribution in [2.24, 2.45) is 0 Å². The standard InChI is InChI=1S/C16H15F2N5O/c17-10-3-4-13(12(18)6-10)24-7-11-2-1-5-23(11)16-14-15(20-8-19-14)21-9-22-16/h3-4,6,8-9,11H,1-2,5,7H2,(H,19,20,21,22). The Morgan fingerprint density at radius 1 is 1.25 bits per heavy atom. The van der Waals surface area contributed by atoms with E-state index in [2.05, 4.69) is 24.8 Å². The average Bonchev–Trinajstić information content (AvgIpc) is 3.22. The van der Waals surface area contributed by atoms with Crippen LogP contribution in [0.5, 0.6) is 5.75 Å². The fourth-order valence-electron chi connectivity index (χ4n) is 3.04. The summed E-state index contributed by atoms with van der Waals surface area (Å²) in [4.78, 5) is 17.8. The summed E-state index contributed by atoms with van der Waals surface area (Å²) in [6, 6.07) is 3.36. The highest BCUT2D eigenvalue weighted by molar-refractivity contribution is 5.82. The lowest BCUT2D eigenvalue weighted by atomic mass is 10.2. The summed E-state index contributed by atoms with van der Waals surface area (Å²) >= 11 is 0. The van der Waals surface area contributed by atoms with Crippen LogP contribution in [0.2, 0.25) is 0 Å². The molecule has 6 nitrogen and oxygen atoms in total. The number of imidazole rings is 1. The largest absolute Gasteiger partial charge is 0.488 e. The van der Waals surface area contributed by atoms with Gasteiger partial charge >= 0.3 is 0 Å². The number of ether oxygens (including phenoxy) is 1. The van der Waals surface area contributed by atoms with Gasteiger partial charge in [0.1, 0.15) is 24.3 Å². The van der Waals surface area contributed by atoms with Gasteiger partial charge < -0.3 is 14.6 Å². The maximum atomic E-state index is 13.7. The molecule has 4 rings (SSSR count). The van der Waals surface area contributed by atoms with Crippen LogP contribution in [0.15, 0.2) is 30.9 Å². The van der Waals surface area contributed by atoms with Crippen LogP contribution >= 0.6 is 0 Å². The third-order valence-electron chi connectivity index (χ3n) is 4.18. The molecule has 0 bridgehead atoms. The molecule has 3 heterocycles. The Hall–Kier alpha value is -2.77. The van der Waals surface area contributed by atoms with Gasteiger partial charge in [-0.05, 0) is 25.0 Å². The third kappa shape index (κ3) is 2.64. The second-order valence-corrected chi connectivity index (χ2v) is 5.67. The van der Waals surface area contributed by atoms with Gasteiger partial charge in [0.05, 0.1) is 12.4 Å². The van der Waals surface area contributed by atoms with Gasteiger partial charge in [0.2, 0.25) is 0 Å². The van der Waals surface area contributed by atoms with E-state index in [4.69, 9.17) is 4.74 Å². The molecule has 1 aromatic carbocycles. The molecule has 8 heteroatoms.